The molecule has 3 rings (SSSR count). The molecule has 104 valence electrons. The fourth-order valence-corrected chi connectivity index (χ4v) is 2.95. The van der Waals surface area contributed by atoms with Crippen molar-refractivity contribution in [1.29, 1.82) is 0 Å². The molecule has 2 heterocycles. The zero-order chi connectivity index (χ0) is 13.6. The SMILES string of the molecule is Cc1nn(C)c(NC2CCN(C3CC3)C2)c1C(=O)O. The highest BCUT2D eigenvalue weighted by molar-refractivity contribution is 5.94. The lowest BCUT2D eigenvalue weighted by molar-refractivity contribution is 0.0697. The number of carboxylic acids is 1. The van der Waals surface area contributed by atoms with E-state index in [-0.39, 0.29) is 0 Å². The van der Waals surface area contributed by atoms with Gasteiger partial charge in [0.05, 0.1) is 5.69 Å². The van der Waals surface area contributed by atoms with E-state index < -0.39 is 5.97 Å². The summed E-state index contributed by atoms with van der Waals surface area (Å²) in [5.74, 6) is -0.280. The molecule has 1 unspecified atom stereocenters. The van der Waals surface area contributed by atoms with Gasteiger partial charge in [-0.1, -0.05) is 0 Å². The molecule has 1 aliphatic heterocycles. The van der Waals surface area contributed by atoms with Crippen molar-refractivity contribution in [1.82, 2.24) is 14.7 Å². The second kappa shape index (κ2) is 4.52. The summed E-state index contributed by atoms with van der Waals surface area (Å²) >= 11 is 0. The summed E-state index contributed by atoms with van der Waals surface area (Å²) in [7, 11) is 1.79. The zero-order valence-corrected chi connectivity index (χ0v) is 11.4. The monoisotopic (exact) mass is 264 g/mol. The predicted molar refractivity (Wildman–Crippen MR) is 71.5 cm³/mol. The summed E-state index contributed by atoms with van der Waals surface area (Å²) in [6, 6.07) is 1.10. The summed E-state index contributed by atoms with van der Waals surface area (Å²) in [5.41, 5.74) is 0.863. The molecule has 0 spiro atoms. The number of hydrogen-bond acceptors (Lipinski definition) is 4. The number of carboxylic acid groups (broad SMARTS) is 1. The maximum atomic E-state index is 11.3. The Morgan fingerprint density at radius 2 is 2.16 bits per heavy atom. The van der Waals surface area contributed by atoms with Gasteiger partial charge in [0.15, 0.2) is 0 Å². The molecule has 1 aromatic heterocycles. The van der Waals surface area contributed by atoms with Crippen LogP contribution in [0.1, 0.15) is 35.3 Å². The van der Waals surface area contributed by atoms with Gasteiger partial charge in [0.2, 0.25) is 0 Å². The van der Waals surface area contributed by atoms with E-state index in [1.54, 1.807) is 18.7 Å². The molecule has 1 atom stereocenters. The lowest BCUT2D eigenvalue weighted by Crippen LogP contribution is -2.28. The van der Waals surface area contributed by atoms with Crippen LogP contribution in [0.15, 0.2) is 0 Å². The summed E-state index contributed by atoms with van der Waals surface area (Å²) in [4.78, 5) is 13.8. The average molecular weight is 264 g/mol. The largest absolute Gasteiger partial charge is 0.477 e. The Labute approximate surface area is 112 Å². The van der Waals surface area contributed by atoms with Crippen LogP contribution in [0.5, 0.6) is 0 Å². The summed E-state index contributed by atoms with van der Waals surface area (Å²) in [6.07, 6.45) is 3.70. The first-order chi connectivity index (χ1) is 9.06. The van der Waals surface area contributed by atoms with Crippen molar-refractivity contribution in [3.05, 3.63) is 11.3 Å². The lowest BCUT2D eigenvalue weighted by Gasteiger charge is -2.17. The maximum absolute atomic E-state index is 11.3. The van der Waals surface area contributed by atoms with E-state index in [0.717, 1.165) is 25.6 Å². The van der Waals surface area contributed by atoms with E-state index >= 15 is 0 Å². The Morgan fingerprint density at radius 1 is 1.42 bits per heavy atom. The van der Waals surface area contributed by atoms with Crippen molar-refractivity contribution < 1.29 is 9.90 Å². The van der Waals surface area contributed by atoms with Gasteiger partial charge in [0.25, 0.3) is 0 Å². The minimum atomic E-state index is -0.912. The van der Waals surface area contributed by atoms with Crippen LogP contribution >= 0.6 is 0 Å². The van der Waals surface area contributed by atoms with E-state index in [1.807, 2.05) is 0 Å². The molecule has 19 heavy (non-hydrogen) atoms. The van der Waals surface area contributed by atoms with Crippen LogP contribution in [0.4, 0.5) is 5.82 Å². The van der Waals surface area contributed by atoms with Crippen molar-refractivity contribution in [2.45, 2.75) is 38.3 Å². The van der Waals surface area contributed by atoms with Gasteiger partial charge in [0.1, 0.15) is 11.4 Å². The predicted octanol–water partition coefficient (Wildman–Crippen LogP) is 1.08. The number of aromatic nitrogens is 2. The van der Waals surface area contributed by atoms with Crippen molar-refractivity contribution in [2.24, 2.45) is 7.05 Å². The first-order valence-corrected chi connectivity index (χ1v) is 6.83. The average Bonchev–Trinajstić information content (AvgIpc) is 3.01. The number of anilines is 1. The molecule has 1 aliphatic carbocycles. The molecule has 1 saturated carbocycles. The van der Waals surface area contributed by atoms with Gasteiger partial charge >= 0.3 is 5.97 Å². The van der Waals surface area contributed by atoms with Gasteiger partial charge < -0.3 is 10.4 Å². The second-order valence-electron chi connectivity index (χ2n) is 5.59. The Bertz CT molecular complexity index is 507. The number of likely N-dealkylation sites (tertiary alicyclic amines) is 1. The lowest BCUT2D eigenvalue weighted by atomic mass is 10.2. The third kappa shape index (κ3) is 2.32. The van der Waals surface area contributed by atoms with Crippen LogP contribution in [0.2, 0.25) is 0 Å². The maximum Gasteiger partial charge on any atom is 0.341 e. The van der Waals surface area contributed by atoms with E-state index in [9.17, 15) is 9.90 Å². The molecule has 1 aromatic rings. The van der Waals surface area contributed by atoms with Crippen LogP contribution in [0.3, 0.4) is 0 Å². The van der Waals surface area contributed by atoms with Gasteiger partial charge in [-0.2, -0.15) is 5.10 Å². The highest BCUT2D eigenvalue weighted by Gasteiger charge is 2.35. The standard InChI is InChI=1S/C13H20N4O2/c1-8-11(13(18)19)12(16(2)15-8)14-9-5-6-17(7-9)10-3-4-10/h9-10,14H,3-7H2,1-2H3,(H,18,19). The number of rotatable bonds is 4. The third-order valence-corrected chi connectivity index (χ3v) is 4.06. The fourth-order valence-electron chi connectivity index (χ4n) is 2.95. The first kappa shape index (κ1) is 12.5. The highest BCUT2D eigenvalue weighted by atomic mass is 16.4. The number of carbonyl (C=O) groups is 1. The molecule has 2 aliphatic rings. The van der Waals surface area contributed by atoms with Crippen LogP contribution < -0.4 is 5.32 Å². The van der Waals surface area contributed by atoms with E-state index in [2.05, 4.69) is 15.3 Å². The minimum absolute atomic E-state index is 0.298. The van der Waals surface area contributed by atoms with Crippen LogP contribution in [-0.4, -0.2) is 50.9 Å². The molecular formula is C13H20N4O2. The Kier molecular flexibility index (Phi) is 2.97. The molecule has 2 N–H and O–H groups in total. The molecule has 6 heteroatoms. The summed E-state index contributed by atoms with van der Waals surface area (Å²) in [5, 5.41) is 16.9. The Hall–Kier alpha value is -1.56. The number of nitrogens with one attached hydrogen (secondary N) is 1. The van der Waals surface area contributed by atoms with Crippen LogP contribution in [-0.2, 0) is 7.05 Å². The second-order valence-corrected chi connectivity index (χ2v) is 5.59. The summed E-state index contributed by atoms with van der Waals surface area (Å²) < 4.78 is 1.64. The number of hydrogen-bond donors (Lipinski definition) is 2. The molecule has 0 amide bonds. The third-order valence-electron chi connectivity index (χ3n) is 4.06. The van der Waals surface area contributed by atoms with Gasteiger partial charge in [0, 0.05) is 32.2 Å². The molecule has 6 nitrogen and oxygen atoms in total. The zero-order valence-electron chi connectivity index (χ0n) is 11.4. The first-order valence-electron chi connectivity index (χ1n) is 6.83. The molecule has 0 bridgehead atoms. The number of nitrogens with zero attached hydrogens (tertiary/aromatic N) is 3. The van der Waals surface area contributed by atoms with Crippen LogP contribution in [0, 0.1) is 6.92 Å². The van der Waals surface area contributed by atoms with Gasteiger partial charge in [-0.3, -0.25) is 9.58 Å². The Balaban J connectivity index is 1.74. The van der Waals surface area contributed by atoms with Gasteiger partial charge in [-0.05, 0) is 26.2 Å². The van der Waals surface area contributed by atoms with Gasteiger partial charge in [-0.15, -0.1) is 0 Å². The van der Waals surface area contributed by atoms with Crippen molar-refractivity contribution in [3.63, 3.8) is 0 Å². The smallest absolute Gasteiger partial charge is 0.341 e. The normalized spacial score (nSPS) is 23.8. The highest BCUT2D eigenvalue weighted by Crippen LogP contribution is 2.31. The molecule has 0 aromatic carbocycles. The van der Waals surface area contributed by atoms with E-state index in [1.165, 1.54) is 12.8 Å². The number of aryl methyl sites for hydroxylation is 2. The fraction of sp³-hybridized carbons (Fsp3) is 0.692. The van der Waals surface area contributed by atoms with Crippen LogP contribution in [0.25, 0.3) is 0 Å². The quantitative estimate of drug-likeness (QED) is 0.851. The molecular weight excluding hydrogens is 244 g/mol. The Morgan fingerprint density at radius 3 is 2.79 bits per heavy atom. The van der Waals surface area contributed by atoms with Gasteiger partial charge in [-0.25, -0.2) is 4.79 Å². The van der Waals surface area contributed by atoms with E-state index in [0.29, 0.717) is 23.1 Å². The molecule has 1 saturated heterocycles. The summed E-state index contributed by atoms with van der Waals surface area (Å²) in [6.45, 7) is 3.86. The minimum Gasteiger partial charge on any atom is -0.477 e. The van der Waals surface area contributed by atoms with Crippen molar-refractivity contribution >= 4 is 11.8 Å². The topological polar surface area (TPSA) is 70.4 Å². The molecule has 2 fully saturated rings. The molecule has 0 radical (unpaired) electrons. The number of aromatic carboxylic acids is 1. The van der Waals surface area contributed by atoms with E-state index in [4.69, 9.17) is 0 Å². The van der Waals surface area contributed by atoms with Crippen molar-refractivity contribution in [3.8, 4) is 0 Å². The van der Waals surface area contributed by atoms with Crippen molar-refractivity contribution in [2.75, 3.05) is 18.4 Å².